The van der Waals surface area contributed by atoms with Gasteiger partial charge in [-0.25, -0.2) is 0 Å². The number of carbonyl (C=O) groups excluding carboxylic acids is 2. The smallest absolute Gasteiger partial charge is 0.259 e. The topological polar surface area (TPSA) is 67.4 Å². The molecule has 0 saturated carbocycles. The van der Waals surface area contributed by atoms with Crippen LogP contribution in [0.15, 0.2) is 78.9 Å². The Kier molecular flexibility index (Phi) is 7.22. The summed E-state index contributed by atoms with van der Waals surface area (Å²) in [5.41, 5.74) is 2.66. The molecule has 0 aliphatic carbocycles. The fourth-order valence-corrected chi connectivity index (χ4v) is 3.00. The second-order valence-electron chi connectivity index (χ2n) is 6.98. The van der Waals surface area contributed by atoms with Gasteiger partial charge in [0.15, 0.2) is 0 Å². The number of nitrogens with one attached hydrogen (secondary N) is 2. The second kappa shape index (κ2) is 10.3. The van der Waals surface area contributed by atoms with Gasteiger partial charge in [-0.05, 0) is 55.3 Å². The molecular weight excluding hydrogens is 376 g/mol. The Morgan fingerprint density at radius 3 is 2.23 bits per heavy atom. The minimum Gasteiger partial charge on any atom is -0.493 e. The first-order valence-electron chi connectivity index (χ1n) is 10.1. The van der Waals surface area contributed by atoms with Crippen molar-refractivity contribution in [3.63, 3.8) is 0 Å². The third kappa shape index (κ3) is 5.47. The summed E-state index contributed by atoms with van der Waals surface area (Å²) in [6.07, 6.45) is 0.863. The van der Waals surface area contributed by atoms with Gasteiger partial charge in [-0.15, -0.1) is 0 Å². The van der Waals surface area contributed by atoms with E-state index in [-0.39, 0.29) is 17.9 Å². The van der Waals surface area contributed by atoms with Crippen LogP contribution in [0.4, 0.5) is 5.69 Å². The summed E-state index contributed by atoms with van der Waals surface area (Å²) in [6.45, 7) is 4.51. The summed E-state index contributed by atoms with van der Waals surface area (Å²) in [4.78, 5) is 25.2. The number of benzene rings is 3. The summed E-state index contributed by atoms with van der Waals surface area (Å²) >= 11 is 0. The molecule has 3 rings (SSSR count). The molecule has 2 N–H and O–H groups in total. The van der Waals surface area contributed by atoms with E-state index < -0.39 is 0 Å². The molecule has 5 heteroatoms. The van der Waals surface area contributed by atoms with Gasteiger partial charge in [-0.2, -0.15) is 0 Å². The molecule has 0 saturated heterocycles. The molecule has 3 aromatic rings. The molecule has 0 fully saturated rings. The predicted molar refractivity (Wildman–Crippen MR) is 119 cm³/mol. The number of carbonyl (C=O) groups is 2. The van der Waals surface area contributed by atoms with Crippen molar-refractivity contribution in [3.05, 3.63) is 95.6 Å². The molecule has 0 aliphatic rings. The number of amides is 2. The first-order chi connectivity index (χ1) is 14.6. The van der Waals surface area contributed by atoms with Gasteiger partial charge in [0, 0.05) is 11.3 Å². The van der Waals surface area contributed by atoms with Crippen LogP contribution in [0.5, 0.6) is 5.75 Å². The number of ether oxygens (including phenoxy) is 1. The number of para-hydroxylation sites is 1. The monoisotopic (exact) mass is 402 g/mol. The number of hydrogen-bond donors (Lipinski definition) is 2. The van der Waals surface area contributed by atoms with Crippen molar-refractivity contribution in [3.8, 4) is 5.75 Å². The molecule has 3 aromatic carbocycles. The third-order valence-electron chi connectivity index (χ3n) is 4.65. The predicted octanol–water partition coefficient (Wildman–Crippen LogP) is 5.22. The molecular formula is C25H26N2O3. The van der Waals surface area contributed by atoms with E-state index in [1.807, 2.05) is 50.2 Å². The van der Waals surface area contributed by atoms with Crippen LogP contribution < -0.4 is 15.4 Å². The Morgan fingerprint density at radius 1 is 0.867 bits per heavy atom. The molecule has 30 heavy (non-hydrogen) atoms. The second-order valence-corrected chi connectivity index (χ2v) is 6.98. The number of rotatable bonds is 8. The van der Waals surface area contributed by atoms with Gasteiger partial charge in [0.1, 0.15) is 5.75 Å². The van der Waals surface area contributed by atoms with E-state index in [0.29, 0.717) is 29.2 Å². The molecule has 0 heterocycles. The third-order valence-corrected chi connectivity index (χ3v) is 4.65. The molecule has 0 spiro atoms. The summed E-state index contributed by atoms with van der Waals surface area (Å²) < 4.78 is 5.66. The van der Waals surface area contributed by atoms with Crippen LogP contribution in [0, 0.1) is 0 Å². The Labute approximate surface area is 177 Å². The van der Waals surface area contributed by atoms with E-state index in [2.05, 4.69) is 10.6 Å². The quantitative estimate of drug-likeness (QED) is 0.543. The highest BCUT2D eigenvalue weighted by Crippen LogP contribution is 2.20. The van der Waals surface area contributed by atoms with Crippen LogP contribution >= 0.6 is 0 Å². The van der Waals surface area contributed by atoms with E-state index in [0.717, 1.165) is 12.0 Å². The molecule has 2 amide bonds. The van der Waals surface area contributed by atoms with Crippen molar-refractivity contribution in [2.75, 3.05) is 11.9 Å². The summed E-state index contributed by atoms with van der Waals surface area (Å²) in [7, 11) is 0. The average Bonchev–Trinajstić information content (AvgIpc) is 2.78. The van der Waals surface area contributed by atoms with E-state index >= 15 is 0 Å². The Balaban J connectivity index is 1.63. The van der Waals surface area contributed by atoms with Crippen molar-refractivity contribution >= 4 is 17.5 Å². The lowest BCUT2D eigenvalue weighted by molar-refractivity contribution is 0.0939. The van der Waals surface area contributed by atoms with E-state index in [1.165, 1.54) is 0 Å². The SMILES string of the molecule is CCCOc1ccccc1C(=O)Nc1ccc(C(=O)NC(C)c2ccccc2)cc1. The fourth-order valence-electron chi connectivity index (χ4n) is 3.00. The van der Waals surface area contributed by atoms with Crippen molar-refractivity contribution < 1.29 is 14.3 Å². The van der Waals surface area contributed by atoms with Gasteiger partial charge in [0.25, 0.3) is 11.8 Å². The zero-order valence-corrected chi connectivity index (χ0v) is 17.2. The maximum atomic E-state index is 12.6. The Bertz CT molecular complexity index is 985. The maximum Gasteiger partial charge on any atom is 0.259 e. The van der Waals surface area contributed by atoms with E-state index in [1.54, 1.807) is 42.5 Å². The van der Waals surface area contributed by atoms with Gasteiger partial charge >= 0.3 is 0 Å². The molecule has 0 radical (unpaired) electrons. The lowest BCUT2D eigenvalue weighted by atomic mass is 10.1. The maximum absolute atomic E-state index is 12.6. The van der Waals surface area contributed by atoms with Crippen LogP contribution in [0.25, 0.3) is 0 Å². The zero-order valence-electron chi connectivity index (χ0n) is 17.2. The van der Waals surface area contributed by atoms with Crippen molar-refractivity contribution in [2.24, 2.45) is 0 Å². The lowest BCUT2D eigenvalue weighted by Gasteiger charge is -2.15. The summed E-state index contributed by atoms with van der Waals surface area (Å²) in [5, 5.41) is 5.84. The molecule has 0 bridgehead atoms. The standard InChI is InChI=1S/C25H26N2O3/c1-3-17-30-23-12-8-7-11-22(23)25(29)27-21-15-13-20(14-16-21)24(28)26-18(2)19-9-5-4-6-10-19/h4-16,18H,3,17H2,1-2H3,(H,26,28)(H,27,29). The highest BCUT2D eigenvalue weighted by atomic mass is 16.5. The lowest BCUT2D eigenvalue weighted by Crippen LogP contribution is -2.26. The molecule has 5 nitrogen and oxygen atoms in total. The summed E-state index contributed by atoms with van der Waals surface area (Å²) in [5.74, 6) is 0.141. The van der Waals surface area contributed by atoms with Gasteiger partial charge in [-0.1, -0.05) is 49.4 Å². The largest absolute Gasteiger partial charge is 0.493 e. The van der Waals surface area contributed by atoms with Gasteiger partial charge in [0.2, 0.25) is 0 Å². The van der Waals surface area contributed by atoms with Crippen LogP contribution in [-0.4, -0.2) is 18.4 Å². The van der Waals surface area contributed by atoms with Crippen molar-refractivity contribution in [1.82, 2.24) is 5.32 Å². The summed E-state index contributed by atoms with van der Waals surface area (Å²) in [6, 6.07) is 23.7. The minimum absolute atomic E-state index is 0.0994. The molecule has 154 valence electrons. The van der Waals surface area contributed by atoms with E-state index in [9.17, 15) is 9.59 Å². The van der Waals surface area contributed by atoms with Gasteiger partial charge in [-0.3, -0.25) is 9.59 Å². The highest BCUT2D eigenvalue weighted by Gasteiger charge is 2.14. The zero-order chi connectivity index (χ0) is 21.3. The average molecular weight is 402 g/mol. The Hall–Kier alpha value is -3.60. The van der Waals surface area contributed by atoms with E-state index in [4.69, 9.17) is 4.74 Å². The minimum atomic E-state index is -0.253. The van der Waals surface area contributed by atoms with Crippen LogP contribution in [0.1, 0.15) is 52.6 Å². The Morgan fingerprint density at radius 2 is 1.53 bits per heavy atom. The number of anilines is 1. The van der Waals surface area contributed by atoms with Crippen molar-refractivity contribution in [2.45, 2.75) is 26.3 Å². The van der Waals surface area contributed by atoms with Crippen LogP contribution in [0.2, 0.25) is 0 Å². The first-order valence-corrected chi connectivity index (χ1v) is 10.1. The normalized spacial score (nSPS) is 11.4. The molecule has 1 unspecified atom stereocenters. The van der Waals surface area contributed by atoms with Crippen LogP contribution in [0.3, 0.4) is 0 Å². The first kappa shape index (κ1) is 21.1. The molecule has 0 aromatic heterocycles. The highest BCUT2D eigenvalue weighted by molar-refractivity contribution is 6.06. The van der Waals surface area contributed by atoms with Gasteiger partial charge < -0.3 is 15.4 Å². The van der Waals surface area contributed by atoms with Gasteiger partial charge in [0.05, 0.1) is 18.2 Å². The number of hydrogen-bond acceptors (Lipinski definition) is 3. The van der Waals surface area contributed by atoms with Crippen LogP contribution in [-0.2, 0) is 0 Å². The molecule has 0 aliphatic heterocycles. The van der Waals surface area contributed by atoms with Crippen molar-refractivity contribution in [1.29, 1.82) is 0 Å². The fraction of sp³-hybridized carbons (Fsp3) is 0.200. The molecule has 1 atom stereocenters.